The third-order valence-corrected chi connectivity index (χ3v) is 2.13. The molecule has 0 saturated heterocycles. The van der Waals surface area contributed by atoms with Gasteiger partial charge in [-0.2, -0.15) is 0 Å². The fourth-order valence-electron chi connectivity index (χ4n) is 1.10. The van der Waals surface area contributed by atoms with Crippen LogP contribution in [0.2, 0.25) is 0 Å². The van der Waals surface area contributed by atoms with Gasteiger partial charge in [0.1, 0.15) is 11.4 Å². The molecule has 1 rings (SSSR count). The van der Waals surface area contributed by atoms with Crippen LogP contribution in [0.4, 0.5) is 13.2 Å². The van der Waals surface area contributed by atoms with Crippen molar-refractivity contribution >= 4 is 17.6 Å². The summed E-state index contributed by atoms with van der Waals surface area (Å²) in [5.41, 5.74) is -1.72. The van der Waals surface area contributed by atoms with E-state index in [-0.39, 0.29) is 11.6 Å². The maximum Gasteiger partial charge on any atom is 0.342 e. The molecule has 16 heavy (non-hydrogen) atoms. The maximum atomic E-state index is 13.5. The van der Waals surface area contributed by atoms with Gasteiger partial charge in [-0.05, 0) is 0 Å². The van der Waals surface area contributed by atoms with Crippen molar-refractivity contribution in [3.8, 4) is 0 Å². The molecule has 0 radical (unpaired) electrons. The van der Waals surface area contributed by atoms with Gasteiger partial charge in [0.25, 0.3) is 6.43 Å². The van der Waals surface area contributed by atoms with Crippen LogP contribution in [0.5, 0.6) is 0 Å². The summed E-state index contributed by atoms with van der Waals surface area (Å²) in [4.78, 5) is 14.7. The second kappa shape index (κ2) is 5.16. The zero-order valence-corrected chi connectivity index (χ0v) is 8.89. The van der Waals surface area contributed by atoms with E-state index in [1.807, 2.05) is 0 Å². The molecule has 3 nitrogen and oxygen atoms in total. The van der Waals surface area contributed by atoms with Crippen LogP contribution in [0, 0.1) is 5.82 Å². The monoisotopic (exact) mass is 253 g/mol. The van der Waals surface area contributed by atoms with E-state index in [1.165, 1.54) is 0 Å². The summed E-state index contributed by atoms with van der Waals surface area (Å²) in [5.74, 6) is -2.69. The Morgan fingerprint density at radius 2 is 2.25 bits per heavy atom. The molecule has 88 valence electrons. The standard InChI is InChI=1S/C9H7ClF3NO2/c1-16-9(15)6-5(2-10)14-3-4(7(6)11)8(12)13/h3,8H,2H2,1H3. The van der Waals surface area contributed by atoms with Crippen LogP contribution in [-0.2, 0) is 10.6 Å². The topological polar surface area (TPSA) is 39.2 Å². The Morgan fingerprint density at radius 1 is 1.62 bits per heavy atom. The highest BCUT2D eigenvalue weighted by atomic mass is 35.5. The van der Waals surface area contributed by atoms with Crippen LogP contribution in [-0.4, -0.2) is 18.1 Å². The summed E-state index contributed by atoms with van der Waals surface area (Å²) in [6.07, 6.45) is -2.40. The van der Waals surface area contributed by atoms with Gasteiger partial charge in [0, 0.05) is 6.20 Å². The third-order valence-electron chi connectivity index (χ3n) is 1.87. The summed E-state index contributed by atoms with van der Waals surface area (Å²) in [6.45, 7) is 0. The van der Waals surface area contributed by atoms with E-state index in [0.717, 1.165) is 7.11 Å². The molecule has 0 saturated carbocycles. The van der Waals surface area contributed by atoms with Crippen molar-refractivity contribution in [2.24, 2.45) is 0 Å². The molecule has 0 aliphatic heterocycles. The van der Waals surface area contributed by atoms with E-state index < -0.39 is 29.3 Å². The van der Waals surface area contributed by atoms with E-state index in [1.54, 1.807) is 0 Å². The number of carbonyl (C=O) groups excluding carboxylic acids is 1. The Morgan fingerprint density at radius 3 is 2.69 bits per heavy atom. The average molecular weight is 254 g/mol. The predicted octanol–water partition coefficient (Wildman–Crippen LogP) is 2.68. The van der Waals surface area contributed by atoms with Gasteiger partial charge in [-0.15, -0.1) is 11.6 Å². The van der Waals surface area contributed by atoms with Crippen LogP contribution in [0.25, 0.3) is 0 Å². The van der Waals surface area contributed by atoms with Gasteiger partial charge in [-0.1, -0.05) is 0 Å². The lowest BCUT2D eigenvalue weighted by atomic mass is 10.1. The maximum absolute atomic E-state index is 13.5. The first-order valence-corrected chi connectivity index (χ1v) is 4.66. The molecule has 0 amide bonds. The van der Waals surface area contributed by atoms with Crippen LogP contribution in [0.15, 0.2) is 6.20 Å². The smallest absolute Gasteiger partial charge is 0.342 e. The molecule has 0 fully saturated rings. The van der Waals surface area contributed by atoms with Crippen LogP contribution in [0.3, 0.4) is 0 Å². The normalized spacial score (nSPS) is 10.6. The first-order valence-electron chi connectivity index (χ1n) is 4.12. The first-order chi connectivity index (χ1) is 7.52. The molecular formula is C9H7ClF3NO2. The number of hydrogen-bond acceptors (Lipinski definition) is 3. The summed E-state index contributed by atoms with van der Waals surface area (Å²) >= 11 is 5.41. The zero-order valence-electron chi connectivity index (χ0n) is 8.14. The third kappa shape index (κ3) is 2.27. The van der Waals surface area contributed by atoms with Gasteiger partial charge >= 0.3 is 5.97 Å². The Balaban J connectivity index is 3.40. The number of alkyl halides is 3. The number of esters is 1. The van der Waals surface area contributed by atoms with E-state index >= 15 is 0 Å². The number of hydrogen-bond donors (Lipinski definition) is 0. The van der Waals surface area contributed by atoms with E-state index in [0.29, 0.717) is 6.20 Å². The summed E-state index contributed by atoms with van der Waals surface area (Å²) in [7, 11) is 1.01. The van der Waals surface area contributed by atoms with Crippen LogP contribution in [0.1, 0.15) is 28.0 Å². The average Bonchev–Trinajstić information content (AvgIpc) is 2.26. The van der Waals surface area contributed by atoms with Crippen molar-refractivity contribution in [3.05, 3.63) is 28.8 Å². The highest BCUT2D eigenvalue weighted by Crippen LogP contribution is 2.25. The lowest BCUT2D eigenvalue weighted by Gasteiger charge is -2.09. The summed E-state index contributed by atoms with van der Waals surface area (Å²) < 4.78 is 42.5. The van der Waals surface area contributed by atoms with Crippen molar-refractivity contribution in [1.82, 2.24) is 4.98 Å². The van der Waals surface area contributed by atoms with Crippen LogP contribution < -0.4 is 0 Å². The number of halogens is 4. The highest BCUT2D eigenvalue weighted by molar-refractivity contribution is 6.17. The number of carbonyl (C=O) groups is 1. The quantitative estimate of drug-likeness (QED) is 0.614. The molecule has 0 aromatic carbocycles. The second-order valence-corrected chi connectivity index (χ2v) is 3.04. The molecule has 7 heteroatoms. The molecule has 0 atom stereocenters. The summed E-state index contributed by atoms with van der Waals surface area (Å²) in [6, 6.07) is 0. The minimum absolute atomic E-state index is 0.129. The Bertz CT molecular complexity index is 412. The van der Waals surface area contributed by atoms with E-state index in [9.17, 15) is 18.0 Å². The van der Waals surface area contributed by atoms with Crippen molar-refractivity contribution in [2.45, 2.75) is 12.3 Å². The number of nitrogens with zero attached hydrogens (tertiary/aromatic N) is 1. The molecule has 0 spiro atoms. The van der Waals surface area contributed by atoms with Gasteiger partial charge in [-0.3, -0.25) is 4.98 Å². The minimum atomic E-state index is -3.06. The Labute approximate surface area is 94.2 Å². The van der Waals surface area contributed by atoms with E-state index in [4.69, 9.17) is 11.6 Å². The van der Waals surface area contributed by atoms with Gasteiger partial charge in [0.05, 0.1) is 24.2 Å². The Hall–Kier alpha value is -1.30. The van der Waals surface area contributed by atoms with Gasteiger partial charge in [0.2, 0.25) is 0 Å². The SMILES string of the molecule is COC(=O)c1c(CCl)ncc(C(F)F)c1F. The molecule has 1 heterocycles. The fourth-order valence-corrected chi connectivity index (χ4v) is 1.31. The lowest BCUT2D eigenvalue weighted by Crippen LogP contribution is -2.12. The molecule has 0 aliphatic carbocycles. The predicted molar refractivity (Wildman–Crippen MR) is 50.0 cm³/mol. The van der Waals surface area contributed by atoms with Crippen molar-refractivity contribution < 1.29 is 22.7 Å². The second-order valence-electron chi connectivity index (χ2n) is 2.78. The van der Waals surface area contributed by atoms with Gasteiger partial charge in [-0.25, -0.2) is 18.0 Å². The molecule has 1 aromatic heterocycles. The van der Waals surface area contributed by atoms with Crippen LogP contribution >= 0.6 is 11.6 Å². The van der Waals surface area contributed by atoms with Gasteiger partial charge in [0.15, 0.2) is 0 Å². The number of methoxy groups -OCH3 is 1. The largest absolute Gasteiger partial charge is 0.465 e. The molecule has 0 aliphatic rings. The van der Waals surface area contributed by atoms with Crippen molar-refractivity contribution in [1.29, 1.82) is 0 Å². The molecule has 0 unspecified atom stereocenters. The van der Waals surface area contributed by atoms with E-state index in [2.05, 4.69) is 9.72 Å². The fraction of sp³-hybridized carbons (Fsp3) is 0.333. The highest BCUT2D eigenvalue weighted by Gasteiger charge is 2.25. The Kier molecular flexibility index (Phi) is 4.12. The molecule has 1 aromatic rings. The lowest BCUT2D eigenvalue weighted by molar-refractivity contribution is 0.0592. The summed E-state index contributed by atoms with van der Waals surface area (Å²) in [5, 5.41) is 0. The molecule has 0 bridgehead atoms. The zero-order chi connectivity index (χ0) is 12.3. The van der Waals surface area contributed by atoms with Crippen molar-refractivity contribution in [3.63, 3.8) is 0 Å². The first kappa shape index (κ1) is 12.8. The molecular weight excluding hydrogens is 247 g/mol. The van der Waals surface area contributed by atoms with Crippen molar-refractivity contribution in [2.75, 3.05) is 7.11 Å². The molecule has 0 N–H and O–H groups in total. The van der Waals surface area contributed by atoms with Gasteiger partial charge < -0.3 is 4.74 Å². The minimum Gasteiger partial charge on any atom is -0.465 e. The number of ether oxygens (including phenoxy) is 1. The number of rotatable bonds is 3. The number of pyridine rings is 1. The number of aromatic nitrogens is 1.